The number of ether oxygens (including phenoxy) is 2. The Morgan fingerprint density at radius 2 is 1.72 bits per heavy atom. The second kappa shape index (κ2) is 16.2. The van der Waals surface area contributed by atoms with Gasteiger partial charge in [0.25, 0.3) is 11.1 Å². The fraction of sp³-hybridized carbons (Fsp3) is 0.273. The smallest absolute Gasteiger partial charge is 0.339 e. The molecular formula is C33H32Cl3N3O6S. The summed E-state index contributed by atoms with van der Waals surface area (Å²) in [6.45, 7) is 7.35. The second-order valence-electron chi connectivity index (χ2n) is 10.1. The molecule has 1 saturated heterocycles. The molecule has 46 heavy (non-hydrogen) atoms. The van der Waals surface area contributed by atoms with E-state index in [1.54, 1.807) is 24.3 Å². The third-order valence-corrected chi connectivity index (χ3v) is 8.72. The van der Waals surface area contributed by atoms with Crippen molar-refractivity contribution >= 4 is 87.0 Å². The van der Waals surface area contributed by atoms with Crippen molar-refractivity contribution < 1.29 is 28.7 Å². The summed E-state index contributed by atoms with van der Waals surface area (Å²) in [6.07, 6.45) is 2.21. The summed E-state index contributed by atoms with van der Waals surface area (Å²) < 4.78 is 11.3. The Kier molecular flexibility index (Phi) is 12.4. The van der Waals surface area contributed by atoms with E-state index in [1.807, 2.05) is 39.0 Å². The summed E-state index contributed by atoms with van der Waals surface area (Å²) in [5.74, 6) is -1.39. The number of esters is 1. The number of imide groups is 1. The number of anilines is 2. The van der Waals surface area contributed by atoms with Crippen molar-refractivity contribution in [3.05, 3.63) is 91.3 Å². The molecule has 3 aromatic carbocycles. The molecule has 1 fully saturated rings. The molecule has 0 saturated carbocycles. The van der Waals surface area contributed by atoms with Crippen LogP contribution in [0.25, 0.3) is 6.08 Å². The van der Waals surface area contributed by atoms with Crippen LogP contribution in [-0.2, 0) is 20.9 Å². The summed E-state index contributed by atoms with van der Waals surface area (Å²) >= 11 is 19.3. The quantitative estimate of drug-likeness (QED) is 0.140. The lowest BCUT2D eigenvalue weighted by atomic mass is 10.1. The van der Waals surface area contributed by atoms with Gasteiger partial charge < -0.3 is 19.7 Å². The van der Waals surface area contributed by atoms with Crippen molar-refractivity contribution in [2.24, 2.45) is 0 Å². The first-order chi connectivity index (χ1) is 22.0. The molecule has 4 rings (SSSR count). The maximum atomic E-state index is 13.3. The molecule has 0 unspecified atom stereocenters. The molecule has 9 nitrogen and oxygen atoms in total. The molecular weight excluding hydrogens is 673 g/mol. The molecule has 1 aliphatic heterocycles. The first-order valence-corrected chi connectivity index (χ1v) is 16.5. The monoisotopic (exact) mass is 703 g/mol. The number of benzene rings is 3. The predicted octanol–water partition coefficient (Wildman–Crippen LogP) is 8.31. The van der Waals surface area contributed by atoms with Crippen LogP contribution in [0.4, 0.5) is 16.2 Å². The van der Waals surface area contributed by atoms with Gasteiger partial charge in [-0.05, 0) is 80.6 Å². The van der Waals surface area contributed by atoms with Crippen LogP contribution in [0.2, 0.25) is 15.1 Å². The maximum Gasteiger partial charge on any atom is 0.339 e. The standard InChI is InChI=1S/C33H32Cl3N3O6S/c1-4-13-44-32(42)25-16-23(10-12-26(25)35)37-30(40)18-39-31(41)29(46-33(39)43)14-20-8-11-24(38(5-2)6-3)17-28(20)45-19-21-7-9-22(34)15-27(21)36/h7-12,14-17H,4-6,13,18-19H2,1-3H3,(H,37,40)/b29-14+. The number of carbonyl (C=O) groups is 4. The van der Waals surface area contributed by atoms with Gasteiger partial charge in [-0.3, -0.25) is 19.3 Å². The number of halogens is 3. The number of hydrogen-bond donors (Lipinski definition) is 1. The second-order valence-corrected chi connectivity index (χ2v) is 12.3. The van der Waals surface area contributed by atoms with Crippen LogP contribution in [0.1, 0.15) is 48.7 Å². The Morgan fingerprint density at radius 1 is 0.957 bits per heavy atom. The first-order valence-electron chi connectivity index (χ1n) is 14.5. The van der Waals surface area contributed by atoms with Gasteiger partial charge in [0.1, 0.15) is 18.9 Å². The van der Waals surface area contributed by atoms with Crippen LogP contribution < -0.4 is 15.0 Å². The minimum absolute atomic E-state index is 0.0883. The number of rotatable bonds is 13. The molecule has 0 radical (unpaired) electrons. The van der Waals surface area contributed by atoms with Gasteiger partial charge in [0.2, 0.25) is 5.91 Å². The van der Waals surface area contributed by atoms with Crippen LogP contribution in [-0.4, -0.2) is 54.2 Å². The fourth-order valence-electron chi connectivity index (χ4n) is 4.50. The number of nitrogens with one attached hydrogen (secondary N) is 1. The van der Waals surface area contributed by atoms with Crippen molar-refractivity contribution in [2.45, 2.75) is 33.8 Å². The van der Waals surface area contributed by atoms with E-state index in [9.17, 15) is 19.2 Å². The lowest BCUT2D eigenvalue weighted by Crippen LogP contribution is -2.36. The summed E-state index contributed by atoms with van der Waals surface area (Å²) in [5, 5.41) is 3.14. The van der Waals surface area contributed by atoms with Crippen molar-refractivity contribution in [3.63, 3.8) is 0 Å². The fourth-order valence-corrected chi connectivity index (χ4v) is 5.99. The van der Waals surface area contributed by atoms with E-state index in [4.69, 9.17) is 44.3 Å². The first kappa shape index (κ1) is 35.2. The Balaban J connectivity index is 1.52. The van der Waals surface area contributed by atoms with Gasteiger partial charge in [0, 0.05) is 51.7 Å². The van der Waals surface area contributed by atoms with E-state index in [0.29, 0.717) is 27.8 Å². The largest absolute Gasteiger partial charge is 0.488 e. The highest BCUT2D eigenvalue weighted by molar-refractivity contribution is 8.18. The minimum atomic E-state index is -0.633. The van der Waals surface area contributed by atoms with Crippen molar-refractivity contribution in [1.29, 1.82) is 0 Å². The lowest BCUT2D eigenvalue weighted by Gasteiger charge is -2.22. The predicted molar refractivity (Wildman–Crippen MR) is 184 cm³/mol. The topological polar surface area (TPSA) is 105 Å². The minimum Gasteiger partial charge on any atom is -0.488 e. The van der Waals surface area contributed by atoms with E-state index in [2.05, 4.69) is 10.2 Å². The van der Waals surface area contributed by atoms with E-state index < -0.39 is 29.6 Å². The van der Waals surface area contributed by atoms with Crippen molar-refractivity contribution in [3.8, 4) is 5.75 Å². The molecule has 0 atom stereocenters. The summed E-state index contributed by atoms with van der Waals surface area (Å²) in [4.78, 5) is 54.5. The molecule has 1 heterocycles. The summed E-state index contributed by atoms with van der Waals surface area (Å²) in [5.41, 5.74) is 2.57. The molecule has 13 heteroatoms. The summed E-state index contributed by atoms with van der Waals surface area (Å²) in [7, 11) is 0. The number of nitrogens with zero attached hydrogens (tertiary/aromatic N) is 2. The summed E-state index contributed by atoms with van der Waals surface area (Å²) in [6, 6.07) is 15.1. The molecule has 1 N–H and O–H groups in total. The average Bonchev–Trinajstić information content (AvgIpc) is 3.28. The van der Waals surface area contributed by atoms with E-state index in [0.717, 1.165) is 41.0 Å². The van der Waals surface area contributed by atoms with Crippen LogP contribution >= 0.6 is 46.6 Å². The average molecular weight is 705 g/mol. The third kappa shape index (κ3) is 8.76. The van der Waals surface area contributed by atoms with Gasteiger partial charge in [0.15, 0.2) is 0 Å². The number of thioether (sulfide) groups is 1. The van der Waals surface area contributed by atoms with Crippen LogP contribution in [0.5, 0.6) is 5.75 Å². The molecule has 242 valence electrons. The third-order valence-electron chi connectivity index (χ3n) is 6.89. The van der Waals surface area contributed by atoms with E-state index >= 15 is 0 Å². The van der Waals surface area contributed by atoms with Gasteiger partial charge in [0.05, 0.1) is 22.1 Å². The molecule has 3 amide bonds. The van der Waals surface area contributed by atoms with Gasteiger partial charge in [-0.25, -0.2) is 4.79 Å². The molecule has 1 aliphatic rings. The van der Waals surface area contributed by atoms with Crippen molar-refractivity contribution in [2.75, 3.05) is 36.5 Å². The van der Waals surface area contributed by atoms with Gasteiger partial charge in [-0.15, -0.1) is 0 Å². The zero-order valence-corrected chi connectivity index (χ0v) is 28.5. The van der Waals surface area contributed by atoms with Crippen molar-refractivity contribution in [1.82, 2.24) is 4.90 Å². The van der Waals surface area contributed by atoms with Crippen LogP contribution in [0.15, 0.2) is 59.5 Å². The number of hydrogen-bond acceptors (Lipinski definition) is 8. The highest BCUT2D eigenvalue weighted by Gasteiger charge is 2.36. The SMILES string of the molecule is CCCOC(=O)c1cc(NC(=O)CN2C(=O)S/C(=C/c3ccc(N(CC)CC)cc3OCc3ccc(Cl)cc3Cl)C2=O)ccc1Cl. The molecule has 3 aromatic rings. The molecule has 0 bridgehead atoms. The van der Waals surface area contributed by atoms with Gasteiger partial charge in [-0.2, -0.15) is 0 Å². The highest BCUT2D eigenvalue weighted by Crippen LogP contribution is 2.36. The Morgan fingerprint density at radius 3 is 2.41 bits per heavy atom. The normalized spacial score (nSPS) is 13.7. The maximum absolute atomic E-state index is 13.3. The van der Waals surface area contributed by atoms with Gasteiger partial charge >= 0.3 is 5.97 Å². The Bertz CT molecular complexity index is 1680. The molecule has 0 aromatic heterocycles. The highest BCUT2D eigenvalue weighted by atomic mass is 35.5. The molecule has 0 aliphatic carbocycles. The van der Waals surface area contributed by atoms with Gasteiger partial charge in [-0.1, -0.05) is 47.8 Å². The Hall–Kier alpha value is -3.70. The van der Waals surface area contributed by atoms with Crippen LogP contribution in [0, 0.1) is 0 Å². The number of amides is 3. The zero-order chi connectivity index (χ0) is 33.4. The lowest BCUT2D eigenvalue weighted by molar-refractivity contribution is -0.127. The zero-order valence-electron chi connectivity index (χ0n) is 25.4. The number of carbonyl (C=O) groups excluding carboxylic acids is 4. The Labute approximate surface area is 286 Å². The molecule has 0 spiro atoms. The van der Waals surface area contributed by atoms with E-state index in [1.165, 1.54) is 18.2 Å². The van der Waals surface area contributed by atoms with E-state index in [-0.39, 0.29) is 34.4 Å². The van der Waals surface area contributed by atoms with Crippen LogP contribution in [0.3, 0.4) is 0 Å².